The Morgan fingerprint density at radius 1 is 1.12 bits per heavy atom. The number of fused-ring (bicyclic) bond motifs is 1. The number of carbonyl (C=O) groups excluding carboxylic acids is 1. The fraction of sp³-hybridized carbons (Fsp3) is 0.100. The van der Waals surface area contributed by atoms with Gasteiger partial charge in [-0.25, -0.2) is 4.98 Å². The second-order valence-electron chi connectivity index (χ2n) is 5.93. The first-order valence-electron chi connectivity index (χ1n) is 8.15. The predicted octanol–water partition coefficient (Wildman–Crippen LogP) is 4.92. The van der Waals surface area contributed by atoms with Gasteiger partial charge in [-0.15, -0.1) is 11.3 Å². The summed E-state index contributed by atoms with van der Waals surface area (Å²) < 4.78 is 2.84. The minimum Gasteiger partial charge on any atom is -0.337 e. The van der Waals surface area contributed by atoms with Gasteiger partial charge in [0.25, 0.3) is 5.91 Å². The standard InChI is InChI=1S/C20H16BrN3OS/c1-24-16-10-6-5-9-15(16)22-19(24)17(13-7-3-2-4-8-13)23-20(25)18-14(21)11-12-26-18/h2-12,17H,1H3,(H,23,25). The smallest absolute Gasteiger partial charge is 0.263 e. The van der Waals surface area contributed by atoms with Crippen LogP contribution in [0.3, 0.4) is 0 Å². The van der Waals surface area contributed by atoms with Crippen molar-refractivity contribution in [2.24, 2.45) is 7.05 Å². The van der Waals surface area contributed by atoms with Crippen LogP contribution in [0, 0.1) is 0 Å². The predicted molar refractivity (Wildman–Crippen MR) is 108 cm³/mol. The molecule has 0 aliphatic heterocycles. The molecule has 0 bridgehead atoms. The first-order chi connectivity index (χ1) is 12.6. The normalized spacial score (nSPS) is 12.2. The van der Waals surface area contributed by atoms with Crippen molar-refractivity contribution in [2.45, 2.75) is 6.04 Å². The van der Waals surface area contributed by atoms with Crippen LogP contribution in [-0.2, 0) is 7.05 Å². The summed E-state index contributed by atoms with van der Waals surface area (Å²) in [7, 11) is 1.98. The summed E-state index contributed by atoms with van der Waals surface area (Å²) in [5.74, 6) is 0.686. The van der Waals surface area contributed by atoms with Crippen LogP contribution in [0.4, 0.5) is 0 Å². The van der Waals surface area contributed by atoms with Crippen LogP contribution in [0.1, 0.15) is 27.1 Å². The van der Waals surface area contributed by atoms with E-state index in [1.54, 1.807) is 0 Å². The number of imidazole rings is 1. The number of carbonyl (C=O) groups is 1. The number of nitrogens with one attached hydrogen (secondary N) is 1. The Morgan fingerprint density at radius 2 is 1.85 bits per heavy atom. The molecule has 0 spiro atoms. The van der Waals surface area contributed by atoms with Gasteiger partial charge in [-0.05, 0) is 45.1 Å². The fourth-order valence-electron chi connectivity index (χ4n) is 3.02. The number of para-hydroxylation sites is 2. The van der Waals surface area contributed by atoms with E-state index in [1.807, 2.05) is 77.7 Å². The highest BCUT2D eigenvalue weighted by molar-refractivity contribution is 9.10. The highest BCUT2D eigenvalue weighted by Gasteiger charge is 2.24. The van der Waals surface area contributed by atoms with Crippen LogP contribution in [0.15, 0.2) is 70.5 Å². The Balaban J connectivity index is 1.79. The Kier molecular flexibility index (Phi) is 4.61. The zero-order valence-electron chi connectivity index (χ0n) is 14.0. The molecule has 1 amide bonds. The number of amides is 1. The molecule has 4 aromatic rings. The van der Waals surface area contributed by atoms with Crippen LogP contribution in [0.25, 0.3) is 11.0 Å². The minimum atomic E-state index is -0.338. The molecule has 1 unspecified atom stereocenters. The summed E-state index contributed by atoms with van der Waals surface area (Å²) in [5, 5.41) is 5.05. The molecule has 0 fully saturated rings. The third kappa shape index (κ3) is 3.06. The molecule has 130 valence electrons. The van der Waals surface area contributed by atoms with Crippen molar-refractivity contribution >= 4 is 44.2 Å². The van der Waals surface area contributed by atoms with E-state index in [1.165, 1.54) is 11.3 Å². The van der Waals surface area contributed by atoms with E-state index in [9.17, 15) is 4.79 Å². The molecule has 2 aromatic heterocycles. The van der Waals surface area contributed by atoms with Gasteiger partial charge in [0.15, 0.2) is 0 Å². The summed E-state index contributed by atoms with van der Waals surface area (Å²) in [6, 6.07) is 19.4. The summed E-state index contributed by atoms with van der Waals surface area (Å²) >= 11 is 4.85. The maximum atomic E-state index is 12.8. The first-order valence-corrected chi connectivity index (χ1v) is 9.82. The van der Waals surface area contributed by atoms with E-state index in [0.29, 0.717) is 4.88 Å². The lowest BCUT2D eigenvalue weighted by Gasteiger charge is -2.19. The van der Waals surface area contributed by atoms with Crippen LogP contribution in [0.2, 0.25) is 0 Å². The fourth-order valence-corrected chi connectivity index (χ4v) is 4.47. The van der Waals surface area contributed by atoms with Gasteiger partial charge in [0, 0.05) is 11.5 Å². The summed E-state index contributed by atoms with van der Waals surface area (Å²) in [5.41, 5.74) is 2.94. The molecule has 26 heavy (non-hydrogen) atoms. The van der Waals surface area contributed by atoms with Gasteiger partial charge in [-0.3, -0.25) is 4.79 Å². The number of aryl methyl sites for hydroxylation is 1. The van der Waals surface area contributed by atoms with Gasteiger partial charge in [-0.2, -0.15) is 0 Å². The molecule has 4 nitrogen and oxygen atoms in total. The molecule has 4 rings (SSSR count). The third-order valence-electron chi connectivity index (χ3n) is 4.31. The zero-order valence-corrected chi connectivity index (χ0v) is 16.4. The van der Waals surface area contributed by atoms with Crippen LogP contribution in [0.5, 0.6) is 0 Å². The van der Waals surface area contributed by atoms with E-state index >= 15 is 0 Å². The average molecular weight is 426 g/mol. The van der Waals surface area contributed by atoms with E-state index < -0.39 is 0 Å². The summed E-state index contributed by atoms with van der Waals surface area (Å²) in [6.45, 7) is 0. The number of aromatic nitrogens is 2. The molecule has 6 heteroatoms. The quantitative estimate of drug-likeness (QED) is 0.504. The maximum absolute atomic E-state index is 12.8. The van der Waals surface area contributed by atoms with Crippen molar-refractivity contribution in [1.29, 1.82) is 0 Å². The van der Waals surface area contributed by atoms with Crippen LogP contribution >= 0.6 is 27.3 Å². The van der Waals surface area contributed by atoms with Crippen molar-refractivity contribution < 1.29 is 4.79 Å². The SMILES string of the molecule is Cn1c(C(NC(=O)c2sccc2Br)c2ccccc2)nc2ccccc21. The maximum Gasteiger partial charge on any atom is 0.263 e. The van der Waals surface area contributed by atoms with Gasteiger partial charge < -0.3 is 9.88 Å². The number of hydrogen-bond donors (Lipinski definition) is 1. The third-order valence-corrected chi connectivity index (χ3v) is 6.15. The largest absolute Gasteiger partial charge is 0.337 e. The lowest BCUT2D eigenvalue weighted by atomic mass is 10.1. The highest BCUT2D eigenvalue weighted by atomic mass is 79.9. The number of nitrogens with zero attached hydrogens (tertiary/aromatic N) is 2. The van der Waals surface area contributed by atoms with Crippen molar-refractivity contribution in [3.05, 3.63) is 86.8 Å². The van der Waals surface area contributed by atoms with Gasteiger partial charge in [0.2, 0.25) is 0 Å². The number of benzene rings is 2. The molecule has 0 radical (unpaired) electrons. The van der Waals surface area contributed by atoms with Crippen molar-refractivity contribution in [2.75, 3.05) is 0 Å². The average Bonchev–Trinajstić information content (AvgIpc) is 3.24. The molecular formula is C20H16BrN3OS. The number of hydrogen-bond acceptors (Lipinski definition) is 3. The lowest BCUT2D eigenvalue weighted by Crippen LogP contribution is -2.30. The van der Waals surface area contributed by atoms with Crippen molar-refractivity contribution in [3.8, 4) is 0 Å². The van der Waals surface area contributed by atoms with E-state index in [2.05, 4.69) is 21.2 Å². The topological polar surface area (TPSA) is 46.9 Å². The van der Waals surface area contributed by atoms with Gasteiger partial charge in [0.1, 0.15) is 16.7 Å². The van der Waals surface area contributed by atoms with Crippen LogP contribution < -0.4 is 5.32 Å². The number of halogens is 1. The minimum absolute atomic E-state index is 0.118. The Morgan fingerprint density at radius 3 is 2.54 bits per heavy atom. The molecule has 1 atom stereocenters. The Labute approximate surface area is 163 Å². The van der Waals surface area contributed by atoms with Crippen molar-refractivity contribution in [3.63, 3.8) is 0 Å². The van der Waals surface area contributed by atoms with Gasteiger partial charge >= 0.3 is 0 Å². The van der Waals surface area contributed by atoms with E-state index in [4.69, 9.17) is 4.98 Å². The Bertz CT molecular complexity index is 1070. The summed E-state index contributed by atoms with van der Waals surface area (Å²) in [4.78, 5) is 18.3. The molecule has 0 saturated heterocycles. The van der Waals surface area contributed by atoms with Gasteiger partial charge in [-0.1, -0.05) is 42.5 Å². The lowest BCUT2D eigenvalue weighted by molar-refractivity contribution is 0.0944. The zero-order chi connectivity index (χ0) is 18.1. The molecule has 2 heterocycles. The van der Waals surface area contributed by atoms with E-state index in [0.717, 1.165) is 26.9 Å². The molecular weight excluding hydrogens is 410 g/mol. The second kappa shape index (κ2) is 7.05. The molecule has 0 aliphatic carbocycles. The summed E-state index contributed by atoms with van der Waals surface area (Å²) in [6.07, 6.45) is 0. The first kappa shape index (κ1) is 17.0. The van der Waals surface area contributed by atoms with Gasteiger partial charge in [0.05, 0.1) is 11.0 Å². The monoisotopic (exact) mass is 425 g/mol. The van der Waals surface area contributed by atoms with E-state index in [-0.39, 0.29) is 11.9 Å². The second-order valence-corrected chi connectivity index (χ2v) is 7.70. The number of thiophene rings is 1. The van der Waals surface area contributed by atoms with Crippen molar-refractivity contribution in [1.82, 2.24) is 14.9 Å². The van der Waals surface area contributed by atoms with Crippen LogP contribution in [-0.4, -0.2) is 15.5 Å². The Hall–Kier alpha value is -2.44. The molecule has 1 N–H and O–H groups in total. The molecule has 0 aliphatic rings. The molecule has 2 aromatic carbocycles. The highest BCUT2D eigenvalue weighted by Crippen LogP contribution is 2.27. The molecule has 0 saturated carbocycles. The number of rotatable bonds is 4.